The van der Waals surface area contributed by atoms with Crippen LogP contribution in [0.3, 0.4) is 0 Å². The molecule has 11 heteroatoms. The van der Waals surface area contributed by atoms with E-state index in [0.717, 1.165) is 0 Å². The monoisotopic (exact) mass is 418 g/mol. The number of carboxylic acids is 1. The number of aliphatic hydroxyl groups is 2. The molecule has 0 aliphatic rings. The van der Waals surface area contributed by atoms with E-state index in [1.54, 1.807) is 13.8 Å². The molecule has 0 radical (unpaired) electrons. The van der Waals surface area contributed by atoms with E-state index in [2.05, 4.69) is 10.6 Å². The molecule has 0 spiro atoms. The average molecular weight is 418 g/mol. The van der Waals surface area contributed by atoms with Crippen LogP contribution in [0.15, 0.2) is 0 Å². The van der Waals surface area contributed by atoms with Gasteiger partial charge in [0.25, 0.3) is 0 Å². The molecular formula is C18H34N4O7. The molecule has 0 saturated carbocycles. The zero-order valence-corrected chi connectivity index (χ0v) is 17.5. The molecule has 0 unspecified atom stereocenters. The molecule has 0 aliphatic heterocycles. The lowest BCUT2D eigenvalue weighted by Gasteiger charge is -2.28. The highest BCUT2D eigenvalue weighted by atomic mass is 16.4. The zero-order chi connectivity index (χ0) is 22.9. The van der Waals surface area contributed by atoms with Gasteiger partial charge in [-0.05, 0) is 25.2 Å². The number of aliphatic hydroxyl groups excluding tert-OH is 2. The highest BCUT2D eigenvalue weighted by Gasteiger charge is 2.33. The minimum absolute atomic E-state index is 0.180. The number of carbonyl (C=O) groups excluding carboxylic acids is 3. The van der Waals surface area contributed by atoms with Gasteiger partial charge in [-0.15, -0.1) is 0 Å². The molecule has 0 aromatic carbocycles. The quantitative estimate of drug-likeness (QED) is 0.188. The summed E-state index contributed by atoms with van der Waals surface area (Å²) in [5, 5.41) is 34.7. The van der Waals surface area contributed by atoms with Gasteiger partial charge < -0.3 is 37.0 Å². The van der Waals surface area contributed by atoms with Crippen molar-refractivity contribution in [2.45, 2.75) is 71.3 Å². The van der Waals surface area contributed by atoms with Crippen LogP contribution in [-0.2, 0) is 19.2 Å². The summed E-state index contributed by atoms with van der Waals surface area (Å²) < 4.78 is 0. The summed E-state index contributed by atoms with van der Waals surface area (Å²) in [6, 6.07) is -4.91. The maximum Gasteiger partial charge on any atom is 0.328 e. The van der Waals surface area contributed by atoms with Crippen LogP contribution in [-0.4, -0.2) is 75.9 Å². The van der Waals surface area contributed by atoms with Crippen LogP contribution >= 0.6 is 0 Å². The molecule has 5 atom stereocenters. The fraction of sp³-hybridized carbons (Fsp3) is 0.778. The van der Waals surface area contributed by atoms with Crippen LogP contribution in [0.25, 0.3) is 0 Å². The second-order valence-corrected chi connectivity index (χ2v) is 7.78. The van der Waals surface area contributed by atoms with Crippen LogP contribution < -0.4 is 21.7 Å². The Bertz CT molecular complexity index is 581. The first-order valence-corrected chi connectivity index (χ1v) is 9.50. The third-order valence-corrected chi connectivity index (χ3v) is 4.17. The fourth-order valence-electron chi connectivity index (χ4n) is 2.51. The number of carboxylic acid groups (broad SMARTS) is 1. The van der Waals surface area contributed by atoms with Crippen molar-refractivity contribution in [3.05, 3.63) is 0 Å². The molecule has 29 heavy (non-hydrogen) atoms. The van der Waals surface area contributed by atoms with E-state index >= 15 is 0 Å². The van der Waals surface area contributed by atoms with Crippen molar-refractivity contribution in [1.82, 2.24) is 16.0 Å². The van der Waals surface area contributed by atoms with Gasteiger partial charge in [-0.3, -0.25) is 14.4 Å². The van der Waals surface area contributed by atoms with Crippen LogP contribution in [0.5, 0.6) is 0 Å². The Morgan fingerprint density at radius 3 is 1.72 bits per heavy atom. The normalized spacial score (nSPS) is 16.5. The summed E-state index contributed by atoms with van der Waals surface area (Å²) in [5.41, 5.74) is 5.84. The van der Waals surface area contributed by atoms with E-state index in [-0.39, 0.29) is 11.8 Å². The first-order chi connectivity index (χ1) is 13.3. The summed E-state index contributed by atoms with van der Waals surface area (Å²) in [4.78, 5) is 48.1. The molecule has 8 N–H and O–H groups in total. The van der Waals surface area contributed by atoms with Crippen LogP contribution in [0, 0.1) is 11.8 Å². The third-order valence-electron chi connectivity index (χ3n) is 4.17. The number of hydrogen-bond donors (Lipinski definition) is 7. The van der Waals surface area contributed by atoms with Gasteiger partial charge in [-0.25, -0.2) is 4.79 Å². The number of amides is 3. The number of carbonyl (C=O) groups is 4. The van der Waals surface area contributed by atoms with Crippen molar-refractivity contribution < 1.29 is 34.5 Å². The Balaban J connectivity index is 5.25. The lowest BCUT2D eigenvalue weighted by molar-refractivity contribution is -0.144. The Kier molecular flexibility index (Phi) is 11.4. The Labute approximate surface area is 170 Å². The van der Waals surface area contributed by atoms with Crippen LogP contribution in [0.1, 0.15) is 41.0 Å². The molecule has 3 amide bonds. The van der Waals surface area contributed by atoms with Crippen molar-refractivity contribution in [3.8, 4) is 0 Å². The van der Waals surface area contributed by atoms with E-state index in [4.69, 9.17) is 15.9 Å². The Hall–Kier alpha value is -2.24. The summed E-state index contributed by atoms with van der Waals surface area (Å²) >= 11 is 0. The summed E-state index contributed by atoms with van der Waals surface area (Å²) in [6.07, 6.45) is -0.937. The molecule has 0 heterocycles. The molecule has 0 rings (SSSR count). The van der Waals surface area contributed by atoms with Gasteiger partial charge in [0.1, 0.15) is 18.1 Å². The molecule has 0 aromatic heterocycles. The molecule has 168 valence electrons. The minimum atomic E-state index is -1.59. The summed E-state index contributed by atoms with van der Waals surface area (Å²) in [5.74, 6) is -3.88. The fourth-order valence-corrected chi connectivity index (χ4v) is 2.51. The number of nitrogens with two attached hydrogens (primary N) is 1. The molecule has 0 bridgehead atoms. The molecule has 0 saturated heterocycles. The van der Waals surface area contributed by atoms with Gasteiger partial charge in [0.05, 0.1) is 18.8 Å². The summed E-state index contributed by atoms with van der Waals surface area (Å²) in [7, 11) is 0. The standard InChI is InChI=1S/C18H34N4O7/c1-8(2)6-11(19)15(25)21-13(9(3)4)16(26)22-14(10(5)24)17(27)20-12(7-23)18(28)29/h8-14,23-24H,6-7,19H2,1-5H3,(H,20,27)(H,21,25)(H,22,26)(H,28,29)/t10-,11+,12+,13+,14+/m1/s1. The highest BCUT2D eigenvalue weighted by Crippen LogP contribution is 2.07. The molecule has 0 aromatic rings. The van der Waals surface area contributed by atoms with E-state index in [9.17, 15) is 24.3 Å². The van der Waals surface area contributed by atoms with E-state index in [1.807, 2.05) is 19.2 Å². The molecule has 0 aliphatic carbocycles. The van der Waals surface area contributed by atoms with Crippen LogP contribution in [0.2, 0.25) is 0 Å². The SMILES string of the molecule is CC(C)C[C@H](N)C(=O)N[C@H](C(=O)N[C@H](C(=O)N[C@@H](CO)C(=O)O)[C@@H](C)O)C(C)C. The highest BCUT2D eigenvalue weighted by molar-refractivity contribution is 5.94. The lowest BCUT2D eigenvalue weighted by atomic mass is 10.00. The van der Waals surface area contributed by atoms with Crippen molar-refractivity contribution in [2.75, 3.05) is 6.61 Å². The topological polar surface area (TPSA) is 191 Å². The van der Waals surface area contributed by atoms with E-state index in [1.165, 1.54) is 6.92 Å². The number of hydrogen-bond acceptors (Lipinski definition) is 7. The third kappa shape index (κ3) is 9.20. The maximum absolute atomic E-state index is 12.7. The second kappa shape index (κ2) is 12.3. The van der Waals surface area contributed by atoms with Crippen molar-refractivity contribution in [3.63, 3.8) is 0 Å². The van der Waals surface area contributed by atoms with Crippen molar-refractivity contribution in [1.29, 1.82) is 0 Å². The van der Waals surface area contributed by atoms with E-state index in [0.29, 0.717) is 6.42 Å². The zero-order valence-electron chi connectivity index (χ0n) is 17.5. The predicted molar refractivity (Wildman–Crippen MR) is 104 cm³/mol. The largest absolute Gasteiger partial charge is 0.480 e. The van der Waals surface area contributed by atoms with Gasteiger partial charge in [0.15, 0.2) is 0 Å². The lowest BCUT2D eigenvalue weighted by Crippen LogP contribution is -2.61. The first-order valence-electron chi connectivity index (χ1n) is 9.50. The number of nitrogens with one attached hydrogen (secondary N) is 3. The first kappa shape index (κ1) is 26.8. The average Bonchev–Trinajstić information content (AvgIpc) is 2.59. The molecule has 0 fully saturated rings. The molecule has 11 nitrogen and oxygen atoms in total. The van der Waals surface area contributed by atoms with Crippen molar-refractivity contribution >= 4 is 23.7 Å². The molecular weight excluding hydrogens is 384 g/mol. The van der Waals surface area contributed by atoms with Gasteiger partial charge in [0.2, 0.25) is 17.7 Å². The predicted octanol–water partition coefficient (Wildman–Crippen LogP) is -2.07. The number of aliphatic carboxylic acids is 1. The van der Waals surface area contributed by atoms with Gasteiger partial charge in [-0.2, -0.15) is 0 Å². The van der Waals surface area contributed by atoms with E-state index < -0.39 is 60.6 Å². The number of rotatable bonds is 12. The smallest absolute Gasteiger partial charge is 0.328 e. The van der Waals surface area contributed by atoms with Gasteiger partial charge >= 0.3 is 5.97 Å². The van der Waals surface area contributed by atoms with Crippen LogP contribution in [0.4, 0.5) is 0 Å². The van der Waals surface area contributed by atoms with Gasteiger partial charge in [0, 0.05) is 0 Å². The van der Waals surface area contributed by atoms with Crippen molar-refractivity contribution in [2.24, 2.45) is 17.6 Å². The summed E-state index contributed by atoms with van der Waals surface area (Å²) in [6.45, 7) is 7.55. The second-order valence-electron chi connectivity index (χ2n) is 7.78. The van der Waals surface area contributed by atoms with Gasteiger partial charge in [-0.1, -0.05) is 27.7 Å². The minimum Gasteiger partial charge on any atom is -0.480 e. The Morgan fingerprint density at radius 2 is 1.34 bits per heavy atom. The maximum atomic E-state index is 12.7. The Morgan fingerprint density at radius 1 is 0.862 bits per heavy atom.